The van der Waals surface area contributed by atoms with E-state index in [2.05, 4.69) is 18.5 Å². The summed E-state index contributed by atoms with van der Waals surface area (Å²) in [6.45, 7) is 7.96. The largest absolute Gasteiger partial charge is 0.493 e. The highest BCUT2D eigenvalue weighted by molar-refractivity contribution is 6.06. The number of hydrogen-bond donors (Lipinski definition) is 1. The van der Waals surface area contributed by atoms with E-state index in [9.17, 15) is 9.59 Å². The molecule has 0 fully saturated rings. The number of methoxy groups -OCH3 is 1. The second kappa shape index (κ2) is 8.96. The summed E-state index contributed by atoms with van der Waals surface area (Å²) in [4.78, 5) is 26.1. The van der Waals surface area contributed by atoms with E-state index in [1.807, 2.05) is 18.2 Å². The van der Waals surface area contributed by atoms with Gasteiger partial charge in [0.1, 0.15) is 6.61 Å². The van der Waals surface area contributed by atoms with Gasteiger partial charge in [-0.05, 0) is 43.7 Å². The molecule has 1 aromatic rings. The third kappa shape index (κ3) is 3.85. The minimum atomic E-state index is -0.363. The van der Waals surface area contributed by atoms with Crippen LogP contribution in [0.1, 0.15) is 55.6 Å². The van der Waals surface area contributed by atoms with Gasteiger partial charge in [0.25, 0.3) is 0 Å². The third-order valence-corrected chi connectivity index (χ3v) is 6.21. The SMILES string of the molecule is C=CCOc1c(CC=C)cc(C2C3=C(CCCC3=O)NC3=C2C(=O)CCC3)cc1OC. The Labute approximate surface area is 183 Å². The van der Waals surface area contributed by atoms with E-state index in [-0.39, 0.29) is 17.5 Å². The summed E-state index contributed by atoms with van der Waals surface area (Å²) in [6, 6.07) is 3.96. The lowest BCUT2D eigenvalue weighted by molar-refractivity contribution is -0.116. The molecule has 5 heteroatoms. The monoisotopic (exact) mass is 419 g/mol. The Morgan fingerprint density at radius 2 is 1.65 bits per heavy atom. The molecule has 4 rings (SSSR count). The van der Waals surface area contributed by atoms with Crippen LogP contribution in [0.4, 0.5) is 0 Å². The molecule has 2 aliphatic carbocycles. The molecule has 3 aliphatic rings. The smallest absolute Gasteiger partial charge is 0.165 e. The normalized spacial score (nSPS) is 18.9. The summed E-state index contributed by atoms with van der Waals surface area (Å²) in [5.41, 5.74) is 5.25. The molecule has 0 saturated carbocycles. The zero-order chi connectivity index (χ0) is 22.0. The summed E-state index contributed by atoms with van der Waals surface area (Å²) in [7, 11) is 1.60. The maximum Gasteiger partial charge on any atom is 0.165 e. The van der Waals surface area contributed by atoms with Crippen molar-refractivity contribution in [1.29, 1.82) is 0 Å². The van der Waals surface area contributed by atoms with Crippen LogP contribution in [0.15, 0.2) is 60.0 Å². The number of benzene rings is 1. The topological polar surface area (TPSA) is 64.6 Å². The number of hydrogen-bond acceptors (Lipinski definition) is 5. The second-order valence-corrected chi connectivity index (χ2v) is 8.20. The van der Waals surface area contributed by atoms with Gasteiger partial charge in [-0.3, -0.25) is 9.59 Å². The van der Waals surface area contributed by atoms with E-state index in [0.29, 0.717) is 37.4 Å². The number of ketones is 2. The van der Waals surface area contributed by atoms with Gasteiger partial charge >= 0.3 is 0 Å². The van der Waals surface area contributed by atoms with Crippen molar-refractivity contribution in [3.05, 3.63) is 71.1 Å². The van der Waals surface area contributed by atoms with E-state index in [1.165, 1.54) is 0 Å². The standard InChI is InChI=1S/C26H29NO4/c1-4-8-16-14-17(15-22(30-3)26(16)31-13-5-2)23-24-18(9-6-11-20(24)28)27-19-10-7-12-21(29)25(19)23/h4-5,14-15,23,27H,1-2,6-13H2,3H3. The maximum atomic E-state index is 13.1. The maximum absolute atomic E-state index is 13.1. The predicted molar refractivity (Wildman–Crippen MR) is 120 cm³/mol. The van der Waals surface area contributed by atoms with Crippen molar-refractivity contribution in [2.45, 2.75) is 50.9 Å². The Hall–Kier alpha value is -3.08. The predicted octanol–water partition coefficient (Wildman–Crippen LogP) is 4.69. The van der Waals surface area contributed by atoms with Gasteiger partial charge in [0.2, 0.25) is 0 Å². The lowest BCUT2D eigenvalue weighted by Gasteiger charge is -2.37. The fourth-order valence-electron chi connectivity index (χ4n) is 4.93. The molecule has 0 aromatic heterocycles. The van der Waals surface area contributed by atoms with E-state index < -0.39 is 0 Å². The van der Waals surface area contributed by atoms with E-state index in [0.717, 1.165) is 59.4 Å². The van der Waals surface area contributed by atoms with Crippen LogP contribution in [0.3, 0.4) is 0 Å². The second-order valence-electron chi connectivity index (χ2n) is 8.20. The summed E-state index contributed by atoms with van der Waals surface area (Å²) < 4.78 is 11.6. The van der Waals surface area contributed by atoms with Crippen LogP contribution in [0.5, 0.6) is 11.5 Å². The van der Waals surface area contributed by atoms with Crippen LogP contribution < -0.4 is 14.8 Å². The van der Waals surface area contributed by atoms with Gasteiger partial charge in [0, 0.05) is 46.9 Å². The van der Waals surface area contributed by atoms with Crippen LogP contribution in [0.2, 0.25) is 0 Å². The Kier molecular flexibility index (Phi) is 6.12. The third-order valence-electron chi connectivity index (χ3n) is 6.21. The molecule has 1 N–H and O–H groups in total. The average Bonchev–Trinajstić information content (AvgIpc) is 2.77. The van der Waals surface area contributed by atoms with Crippen molar-refractivity contribution >= 4 is 11.6 Å². The Morgan fingerprint density at radius 1 is 1.00 bits per heavy atom. The van der Waals surface area contributed by atoms with Crippen molar-refractivity contribution < 1.29 is 19.1 Å². The Balaban J connectivity index is 1.92. The first-order valence-corrected chi connectivity index (χ1v) is 10.9. The number of carbonyl (C=O) groups is 2. The van der Waals surface area contributed by atoms with Crippen molar-refractivity contribution in [1.82, 2.24) is 5.32 Å². The quantitative estimate of drug-likeness (QED) is 0.650. The van der Waals surface area contributed by atoms with Crippen molar-refractivity contribution in [2.75, 3.05) is 13.7 Å². The molecule has 0 saturated heterocycles. The minimum Gasteiger partial charge on any atom is -0.493 e. The Morgan fingerprint density at radius 3 is 2.19 bits per heavy atom. The van der Waals surface area contributed by atoms with E-state index >= 15 is 0 Å². The van der Waals surface area contributed by atoms with Crippen LogP contribution in [-0.4, -0.2) is 25.3 Å². The molecule has 0 spiro atoms. The van der Waals surface area contributed by atoms with Crippen LogP contribution in [0.25, 0.3) is 0 Å². The number of ether oxygens (including phenoxy) is 2. The fourth-order valence-corrected chi connectivity index (χ4v) is 4.93. The molecule has 162 valence electrons. The van der Waals surface area contributed by atoms with Crippen molar-refractivity contribution in [3.63, 3.8) is 0 Å². The molecule has 0 amide bonds. The molecule has 0 unspecified atom stereocenters. The molecule has 1 heterocycles. The highest BCUT2D eigenvalue weighted by Crippen LogP contribution is 2.47. The van der Waals surface area contributed by atoms with Gasteiger partial charge in [0.05, 0.1) is 7.11 Å². The highest BCUT2D eigenvalue weighted by Gasteiger charge is 2.40. The summed E-state index contributed by atoms with van der Waals surface area (Å²) in [5, 5.41) is 3.46. The van der Waals surface area contributed by atoms with Gasteiger partial charge in [-0.15, -0.1) is 6.58 Å². The lowest BCUT2D eigenvalue weighted by atomic mass is 9.71. The van der Waals surface area contributed by atoms with E-state index in [4.69, 9.17) is 9.47 Å². The molecule has 5 nitrogen and oxygen atoms in total. The number of allylic oxidation sites excluding steroid dienone is 5. The average molecular weight is 420 g/mol. The molecule has 0 atom stereocenters. The lowest BCUT2D eigenvalue weighted by Crippen LogP contribution is -2.36. The Bertz CT molecular complexity index is 972. The van der Waals surface area contributed by atoms with Gasteiger partial charge in [-0.25, -0.2) is 0 Å². The number of rotatable bonds is 7. The molecule has 0 bridgehead atoms. The molecule has 31 heavy (non-hydrogen) atoms. The van der Waals surface area contributed by atoms with Gasteiger partial charge < -0.3 is 14.8 Å². The molecule has 1 aromatic carbocycles. The zero-order valence-electron chi connectivity index (χ0n) is 18.1. The number of nitrogens with one attached hydrogen (secondary N) is 1. The minimum absolute atomic E-state index is 0.125. The summed E-state index contributed by atoms with van der Waals surface area (Å²) in [5.74, 6) is 1.12. The van der Waals surface area contributed by atoms with Crippen LogP contribution in [-0.2, 0) is 16.0 Å². The highest BCUT2D eigenvalue weighted by atomic mass is 16.5. The summed E-state index contributed by atoms with van der Waals surface area (Å²) >= 11 is 0. The van der Waals surface area contributed by atoms with Crippen molar-refractivity contribution in [3.8, 4) is 11.5 Å². The van der Waals surface area contributed by atoms with Crippen LogP contribution >= 0.6 is 0 Å². The first-order chi connectivity index (χ1) is 15.1. The number of carbonyl (C=O) groups excluding carboxylic acids is 2. The van der Waals surface area contributed by atoms with Crippen LogP contribution in [0, 0.1) is 0 Å². The molecule has 1 aliphatic heterocycles. The first-order valence-electron chi connectivity index (χ1n) is 10.9. The summed E-state index contributed by atoms with van der Waals surface area (Å²) in [6.07, 6.45) is 8.47. The van der Waals surface area contributed by atoms with Crippen molar-refractivity contribution in [2.24, 2.45) is 0 Å². The molecular weight excluding hydrogens is 390 g/mol. The number of Topliss-reactive ketones (excluding diaryl/α,β-unsaturated/α-hetero) is 2. The van der Waals surface area contributed by atoms with Gasteiger partial charge in [-0.1, -0.05) is 24.8 Å². The zero-order valence-corrected chi connectivity index (χ0v) is 18.1. The van der Waals surface area contributed by atoms with Gasteiger partial charge in [-0.2, -0.15) is 0 Å². The molecular formula is C26H29NO4. The number of dihydropyridines is 1. The fraction of sp³-hybridized carbons (Fsp3) is 0.385. The van der Waals surface area contributed by atoms with Gasteiger partial charge in [0.15, 0.2) is 23.1 Å². The molecule has 0 radical (unpaired) electrons. The van der Waals surface area contributed by atoms with E-state index in [1.54, 1.807) is 13.2 Å². The first kappa shape index (κ1) is 21.2.